The summed E-state index contributed by atoms with van der Waals surface area (Å²) < 4.78 is 43.8. The van der Waals surface area contributed by atoms with E-state index in [0.29, 0.717) is 28.9 Å². The fourth-order valence-electron chi connectivity index (χ4n) is 6.75. The molecule has 38 heavy (non-hydrogen) atoms. The number of halogens is 3. The molecule has 3 heterocycles. The first kappa shape index (κ1) is 25.0. The molecule has 0 atom stereocenters. The Morgan fingerprint density at radius 1 is 1.18 bits per heavy atom. The molecule has 1 aromatic heterocycles. The van der Waals surface area contributed by atoms with Crippen LogP contribution in [-0.2, 0) is 18.0 Å². The second-order valence-electron chi connectivity index (χ2n) is 11.4. The molecular weight excluding hydrogens is 487 g/mol. The van der Waals surface area contributed by atoms with Gasteiger partial charge in [0.25, 0.3) is 0 Å². The van der Waals surface area contributed by atoms with Crippen molar-refractivity contribution < 1.29 is 13.2 Å². The van der Waals surface area contributed by atoms with Crippen LogP contribution < -0.4 is 5.32 Å². The second-order valence-corrected chi connectivity index (χ2v) is 11.4. The van der Waals surface area contributed by atoms with Gasteiger partial charge in [-0.05, 0) is 106 Å². The van der Waals surface area contributed by atoms with Gasteiger partial charge >= 0.3 is 6.18 Å². The van der Waals surface area contributed by atoms with Gasteiger partial charge in [0.2, 0.25) is 0 Å². The van der Waals surface area contributed by atoms with Crippen LogP contribution in [-0.4, -0.2) is 34.3 Å². The molecule has 2 fully saturated rings. The van der Waals surface area contributed by atoms with Gasteiger partial charge in [0.15, 0.2) is 0 Å². The van der Waals surface area contributed by atoms with E-state index in [1.807, 2.05) is 24.3 Å². The molecule has 1 N–H and O–H groups in total. The summed E-state index contributed by atoms with van der Waals surface area (Å²) in [6, 6.07) is 11.3. The lowest BCUT2D eigenvalue weighted by Gasteiger charge is -2.40. The number of fused-ring (bicyclic) bond motifs is 3. The maximum Gasteiger partial charge on any atom is 0.418 e. The summed E-state index contributed by atoms with van der Waals surface area (Å²) in [5.74, 6) is 0.533. The Balaban J connectivity index is 1.12. The Hall–Kier alpha value is -3.31. The minimum absolute atomic E-state index is 0.0569. The highest BCUT2D eigenvalue weighted by Crippen LogP contribution is 2.49. The first-order valence-corrected chi connectivity index (χ1v) is 13.5. The van der Waals surface area contributed by atoms with E-state index in [0.717, 1.165) is 68.7 Å². The number of nitrogens with zero attached hydrogens (tertiary/aromatic N) is 4. The van der Waals surface area contributed by atoms with Crippen molar-refractivity contribution in [2.24, 2.45) is 5.92 Å². The minimum Gasteiger partial charge on any atom is -0.358 e. The number of nitrogens with one attached hydrogen (secondary N) is 1. The van der Waals surface area contributed by atoms with Crippen LogP contribution in [0.4, 0.5) is 18.9 Å². The molecule has 0 radical (unpaired) electrons. The lowest BCUT2D eigenvalue weighted by Crippen LogP contribution is -2.43. The minimum atomic E-state index is -4.41. The van der Waals surface area contributed by atoms with Crippen molar-refractivity contribution in [1.29, 1.82) is 5.26 Å². The monoisotopic (exact) mass is 519 g/mol. The van der Waals surface area contributed by atoms with Crippen LogP contribution in [0.2, 0.25) is 0 Å². The molecule has 6 rings (SSSR count). The number of nitriles is 1. The number of aromatic nitrogens is 2. The van der Waals surface area contributed by atoms with Crippen LogP contribution in [0.5, 0.6) is 0 Å². The van der Waals surface area contributed by atoms with E-state index in [4.69, 9.17) is 0 Å². The van der Waals surface area contributed by atoms with Gasteiger partial charge < -0.3 is 10.2 Å². The molecule has 0 unspecified atom stereocenters. The summed E-state index contributed by atoms with van der Waals surface area (Å²) >= 11 is 0. The molecule has 3 aliphatic rings. The van der Waals surface area contributed by atoms with E-state index >= 15 is 0 Å². The van der Waals surface area contributed by atoms with Crippen molar-refractivity contribution in [3.8, 4) is 6.07 Å². The number of alkyl halides is 3. The molecule has 5 nitrogen and oxygen atoms in total. The summed E-state index contributed by atoms with van der Waals surface area (Å²) in [6.07, 6.45) is 2.13. The average Bonchev–Trinajstić information content (AvgIpc) is 3.40. The zero-order valence-electron chi connectivity index (χ0n) is 21.6. The molecule has 198 valence electrons. The Kier molecular flexibility index (Phi) is 6.03. The summed E-state index contributed by atoms with van der Waals surface area (Å²) in [5.41, 5.74) is 4.06. The van der Waals surface area contributed by atoms with Crippen LogP contribution in [0.1, 0.15) is 67.3 Å². The van der Waals surface area contributed by atoms with Crippen LogP contribution in [0.25, 0.3) is 10.9 Å². The summed E-state index contributed by atoms with van der Waals surface area (Å²) in [5, 5.41) is 17.7. The molecule has 0 bridgehead atoms. The van der Waals surface area contributed by atoms with Crippen molar-refractivity contribution >= 4 is 16.6 Å². The average molecular weight is 520 g/mol. The van der Waals surface area contributed by atoms with Gasteiger partial charge in [-0.1, -0.05) is 13.5 Å². The van der Waals surface area contributed by atoms with Crippen LogP contribution in [0.15, 0.2) is 48.8 Å². The van der Waals surface area contributed by atoms with Gasteiger partial charge in [-0.3, -0.25) is 4.68 Å². The number of rotatable bonds is 5. The van der Waals surface area contributed by atoms with Gasteiger partial charge in [0.1, 0.15) is 0 Å². The zero-order valence-corrected chi connectivity index (χ0v) is 21.6. The number of anilines is 1. The molecule has 1 spiro atoms. The molecule has 1 saturated carbocycles. The van der Waals surface area contributed by atoms with Crippen LogP contribution >= 0.6 is 0 Å². The highest BCUT2D eigenvalue weighted by atomic mass is 19.4. The fourth-order valence-corrected chi connectivity index (χ4v) is 6.75. The van der Waals surface area contributed by atoms with Gasteiger partial charge in [0, 0.05) is 22.2 Å². The third-order valence-corrected chi connectivity index (χ3v) is 8.93. The SMILES string of the molecule is C=C1Nc2ccc(C#N)cc2C12CCN(CCCc1cc(C(F)(F)F)c3c(cnn3C3CC(C)C3)c1)CC2. The van der Waals surface area contributed by atoms with Gasteiger partial charge in [-0.15, -0.1) is 0 Å². The lowest BCUT2D eigenvalue weighted by atomic mass is 9.72. The summed E-state index contributed by atoms with van der Waals surface area (Å²) in [4.78, 5) is 2.39. The Morgan fingerprint density at radius 2 is 1.95 bits per heavy atom. The number of hydrogen-bond acceptors (Lipinski definition) is 4. The Morgan fingerprint density at radius 3 is 2.63 bits per heavy atom. The van der Waals surface area contributed by atoms with Crippen molar-refractivity contribution in [3.63, 3.8) is 0 Å². The summed E-state index contributed by atoms with van der Waals surface area (Å²) in [6.45, 7) is 9.02. The highest BCUT2D eigenvalue weighted by molar-refractivity contribution is 5.83. The maximum absolute atomic E-state index is 14.1. The third kappa shape index (κ3) is 4.17. The number of likely N-dealkylation sites (tertiary alicyclic amines) is 1. The normalized spacial score (nSPS) is 22.8. The lowest BCUT2D eigenvalue weighted by molar-refractivity contribution is -0.136. The topological polar surface area (TPSA) is 56.9 Å². The predicted molar refractivity (Wildman–Crippen MR) is 142 cm³/mol. The molecule has 8 heteroatoms. The first-order chi connectivity index (χ1) is 18.2. The smallest absolute Gasteiger partial charge is 0.358 e. The first-order valence-electron chi connectivity index (χ1n) is 13.5. The van der Waals surface area contributed by atoms with Crippen LogP contribution in [0, 0.1) is 17.2 Å². The van der Waals surface area contributed by atoms with E-state index in [-0.39, 0.29) is 17.0 Å². The predicted octanol–water partition coefficient (Wildman–Crippen LogP) is 6.80. The van der Waals surface area contributed by atoms with E-state index in [2.05, 4.69) is 34.9 Å². The number of benzene rings is 2. The largest absolute Gasteiger partial charge is 0.418 e. The van der Waals surface area contributed by atoms with Gasteiger partial charge in [-0.25, -0.2) is 0 Å². The number of piperidine rings is 1. The molecular formula is C30H32F3N5. The van der Waals surface area contributed by atoms with Crippen LogP contribution in [0.3, 0.4) is 0 Å². The summed E-state index contributed by atoms with van der Waals surface area (Å²) in [7, 11) is 0. The van der Waals surface area contributed by atoms with Crippen molar-refractivity contribution in [2.45, 2.75) is 63.1 Å². The van der Waals surface area contributed by atoms with Crippen molar-refractivity contribution in [2.75, 3.05) is 25.0 Å². The van der Waals surface area contributed by atoms with Gasteiger partial charge in [0.05, 0.1) is 35.0 Å². The molecule has 2 aromatic carbocycles. The molecule has 1 aliphatic carbocycles. The maximum atomic E-state index is 14.1. The second kappa shape index (κ2) is 9.16. The standard InChI is InChI=1S/C30H32F3N5/c1-19-12-24(13-19)38-28-23(18-35-38)14-21(15-26(28)30(31,32)33)4-3-9-37-10-7-29(8-11-37)20(2)36-27-6-5-22(17-34)16-25(27)29/h5-6,14-16,18-19,24,36H,2-4,7-13H2,1H3. The zero-order chi connectivity index (χ0) is 26.7. The third-order valence-electron chi connectivity index (χ3n) is 8.93. The van der Waals surface area contributed by atoms with E-state index < -0.39 is 11.7 Å². The molecule has 1 saturated heterocycles. The molecule has 3 aromatic rings. The number of allylic oxidation sites excluding steroid dienone is 1. The molecule has 0 amide bonds. The quantitative estimate of drug-likeness (QED) is 0.403. The van der Waals surface area contributed by atoms with E-state index in [9.17, 15) is 18.4 Å². The Bertz CT molecular complexity index is 1430. The molecule has 2 aliphatic heterocycles. The van der Waals surface area contributed by atoms with Gasteiger partial charge in [-0.2, -0.15) is 23.5 Å². The van der Waals surface area contributed by atoms with E-state index in [1.54, 1.807) is 10.9 Å². The number of hydrogen-bond donors (Lipinski definition) is 1. The highest BCUT2D eigenvalue weighted by Gasteiger charge is 2.44. The number of aryl methyl sites for hydroxylation is 1. The van der Waals surface area contributed by atoms with E-state index in [1.165, 1.54) is 6.07 Å². The fraction of sp³-hybridized carbons (Fsp3) is 0.467. The van der Waals surface area contributed by atoms with Crippen molar-refractivity contribution in [1.82, 2.24) is 14.7 Å². The Labute approximate surface area is 220 Å². The van der Waals surface area contributed by atoms with Crippen molar-refractivity contribution in [3.05, 3.63) is 71.1 Å².